The number of hydrogen-bond acceptors (Lipinski definition) is 3. The van der Waals surface area contributed by atoms with Gasteiger partial charge in [0.25, 0.3) is 5.69 Å². The van der Waals surface area contributed by atoms with Gasteiger partial charge in [-0.3, -0.25) is 10.1 Å². The molecule has 2 bridgehead atoms. The first-order chi connectivity index (χ1) is 10.9. The number of hydrogen-bond donors (Lipinski definition) is 0. The molecule has 7 heteroatoms. The molecule has 132 valence electrons. The van der Waals surface area contributed by atoms with Gasteiger partial charge in [-0.2, -0.15) is 13.2 Å². The van der Waals surface area contributed by atoms with Gasteiger partial charge < -0.3 is 4.90 Å². The molecule has 2 fully saturated rings. The zero-order valence-electron chi connectivity index (χ0n) is 14.0. The van der Waals surface area contributed by atoms with Gasteiger partial charge in [-0.1, -0.05) is 20.8 Å². The molecule has 0 aromatic heterocycles. The Labute approximate surface area is 138 Å². The first kappa shape index (κ1) is 17.0. The van der Waals surface area contributed by atoms with Crippen LogP contribution in [0.15, 0.2) is 18.2 Å². The Morgan fingerprint density at radius 1 is 1.25 bits per heavy atom. The number of anilines is 1. The van der Waals surface area contributed by atoms with E-state index in [-0.39, 0.29) is 16.9 Å². The second-order valence-corrected chi connectivity index (χ2v) is 8.30. The molecule has 0 spiro atoms. The van der Waals surface area contributed by atoms with E-state index in [9.17, 15) is 23.3 Å². The highest BCUT2D eigenvalue weighted by molar-refractivity contribution is 5.66. The minimum absolute atomic E-state index is 0.0446. The van der Waals surface area contributed by atoms with Gasteiger partial charge in [-0.05, 0) is 42.2 Å². The lowest BCUT2D eigenvalue weighted by atomic mass is 9.65. The maximum Gasteiger partial charge on any atom is 0.416 e. The van der Waals surface area contributed by atoms with Crippen LogP contribution in [-0.4, -0.2) is 17.5 Å². The van der Waals surface area contributed by atoms with Crippen LogP contribution in [0.1, 0.15) is 45.6 Å². The van der Waals surface area contributed by atoms with Crippen LogP contribution < -0.4 is 4.90 Å². The third-order valence-electron chi connectivity index (χ3n) is 5.22. The van der Waals surface area contributed by atoms with Gasteiger partial charge in [-0.25, -0.2) is 0 Å². The Morgan fingerprint density at radius 3 is 2.50 bits per heavy atom. The lowest BCUT2D eigenvalue weighted by Crippen LogP contribution is -2.34. The van der Waals surface area contributed by atoms with Gasteiger partial charge in [0.1, 0.15) is 5.69 Å². The Balaban J connectivity index is 2.03. The molecule has 0 amide bonds. The first-order valence-electron chi connectivity index (χ1n) is 8.03. The number of alkyl halides is 3. The number of fused-ring (bicyclic) bond motifs is 2. The maximum atomic E-state index is 12.9. The van der Waals surface area contributed by atoms with Gasteiger partial charge in [0.2, 0.25) is 0 Å². The van der Waals surface area contributed by atoms with E-state index in [4.69, 9.17) is 0 Å². The number of rotatable bonds is 2. The smallest absolute Gasteiger partial charge is 0.362 e. The molecule has 2 aliphatic rings. The molecule has 1 saturated heterocycles. The van der Waals surface area contributed by atoms with Crippen LogP contribution in [0.2, 0.25) is 0 Å². The van der Waals surface area contributed by atoms with Crippen molar-refractivity contribution in [1.29, 1.82) is 0 Å². The summed E-state index contributed by atoms with van der Waals surface area (Å²) >= 11 is 0. The van der Waals surface area contributed by atoms with Gasteiger partial charge in [-0.15, -0.1) is 0 Å². The molecule has 24 heavy (non-hydrogen) atoms. The minimum atomic E-state index is -4.59. The number of halogens is 3. The molecule has 1 saturated carbocycles. The molecule has 1 aliphatic heterocycles. The maximum absolute atomic E-state index is 12.9. The van der Waals surface area contributed by atoms with Crippen molar-refractivity contribution in [1.82, 2.24) is 0 Å². The molecule has 0 unspecified atom stereocenters. The van der Waals surface area contributed by atoms with E-state index in [1.165, 1.54) is 6.07 Å². The molecule has 2 atom stereocenters. The quantitative estimate of drug-likeness (QED) is 0.560. The molecule has 0 N–H and O–H groups in total. The van der Waals surface area contributed by atoms with Crippen molar-refractivity contribution in [2.24, 2.45) is 10.8 Å². The summed E-state index contributed by atoms with van der Waals surface area (Å²) in [5.74, 6) is 0. The lowest BCUT2D eigenvalue weighted by molar-refractivity contribution is -0.384. The van der Waals surface area contributed by atoms with Crippen molar-refractivity contribution in [2.75, 3.05) is 11.4 Å². The van der Waals surface area contributed by atoms with Crippen LogP contribution in [-0.2, 0) is 6.18 Å². The summed E-state index contributed by atoms with van der Waals surface area (Å²) in [6.07, 6.45) is -1.75. The van der Waals surface area contributed by atoms with Crippen molar-refractivity contribution in [3.63, 3.8) is 0 Å². The Bertz CT molecular complexity index is 687. The Kier molecular flexibility index (Phi) is 3.62. The summed E-state index contributed by atoms with van der Waals surface area (Å²) in [5.41, 5.74) is -0.958. The second-order valence-electron chi connectivity index (χ2n) is 8.30. The Morgan fingerprint density at radius 2 is 1.92 bits per heavy atom. The number of benzene rings is 1. The third-order valence-corrected chi connectivity index (χ3v) is 5.22. The van der Waals surface area contributed by atoms with E-state index in [2.05, 4.69) is 20.8 Å². The average Bonchev–Trinajstić information content (AvgIpc) is 2.66. The highest BCUT2D eigenvalue weighted by Gasteiger charge is 2.50. The molecule has 1 aliphatic carbocycles. The van der Waals surface area contributed by atoms with Gasteiger partial charge in [0.05, 0.1) is 10.5 Å². The third kappa shape index (κ3) is 2.96. The fraction of sp³-hybridized carbons (Fsp3) is 0.647. The number of nitrogens with zero attached hydrogens (tertiary/aromatic N) is 2. The van der Waals surface area contributed by atoms with Gasteiger partial charge in [0, 0.05) is 18.7 Å². The van der Waals surface area contributed by atoms with E-state index in [1.54, 1.807) is 0 Å². The molecular formula is C17H21F3N2O2. The summed E-state index contributed by atoms with van der Waals surface area (Å²) in [6.45, 7) is 7.17. The highest BCUT2D eigenvalue weighted by atomic mass is 19.4. The van der Waals surface area contributed by atoms with Crippen molar-refractivity contribution < 1.29 is 18.1 Å². The molecule has 4 nitrogen and oxygen atoms in total. The highest BCUT2D eigenvalue weighted by Crippen LogP contribution is 2.54. The van der Waals surface area contributed by atoms with Crippen molar-refractivity contribution in [3.8, 4) is 0 Å². The van der Waals surface area contributed by atoms with Crippen LogP contribution >= 0.6 is 0 Å². The molecule has 1 heterocycles. The van der Waals surface area contributed by atoms with E-state index >= 15 is 0 Å². The zero-order valence-corrected chi connectivity index (χ0v) is 14.0. The van der Waals surface area contributed by atoms with Gasteiger partial charge >= 0.3 is 6.18 Å². The molecule has 0 radical (unpaired) electrons. The normalized spacial score (nSPS) is 28.9. The summed E-state index contributed by atoms with van der Waals surface area (Å²) in [7, 11) is 0. The predicted molar refractivity (Wildman–Crippen MR) is 85.0 cm³/mol. The standard InChI is InChI=1S/C17H21F3N2O2/c1-15(2)7-12-8-16(3,9-15)10-21(12)13-5-4-11(17(18,19)20)6-14(13)22(23)24/h4-6,12H,7-10H2,1-3H3/t12-,16+/m0/s1. The van der Waals surface area contributed by atoms with Crippen LogP contribution in [0.25, 0.3) is 0 Å². The van der Waals surface area contributed by atoms with Gasteiger partial charge in [0.15, 0.2) is 0 Å². The van der Waals surface area contributed by atoms with E-state index < -0.39 is 22.4 Å². The van der Waals surface area contributed by atoms with E-state index in [1.807, 2.05) is 4.90 Å². The largest absolute Gasteiger partial charge is 0.416 e. The first-order valence-corrected chi connectivity index (χ1v) is 8.03. The van der Waals surface area contributed by atoms with Crippen molar-refractivity contribution >= 4 is 11.4 Å². The average molecular weight is 342 g/mol. The summed E-state index contributed by atoms with van der Waals surface area (Å²) in [4.78, 5) is 12.6. The Hall–Kier alpha value is -1.79. The fourth-order valence-electron chi connectivity index (χ4n) is 4.83. The number of nitro groups is 1. The summed E-state index contributed by atoms with van der Waals surface area (Å²) in [6, 6.07) is 3.00. The van der Waals surface area contributed by atoms with Crippen molar-refractivity contribution in [2.45, 2.75) is 52.3 Å². The number of nitro benzene ring substituents is 1. The molecule has 1 aromatic rings. The fourth-order valence-corrected chi connectivity index (χ4v) is 4.83. The summed E-state index contributed by atoms with van der Waals surface area (Å²) < 4.78 is 38.6. The second kappa shape index (κ2) is 5.10. The van der Waals surface area contributed by atoms with Crippen molar-refractivity contribution in [3.05, 3.63) is 33.9 Å². The molecular weight excluding hydrogens is 321 g/mol. The predicted octanol–water partition coefficient (Wildman–Crippen LogP) is 5.02. The monoisotopic (exact) mass is 342 g/mol. The molecule has 1 aromatic carbocycles. The summed E-state index contributed by atoms with van der Waals surface area (Å²) in [5, 5.41) is 11.4. The minimum Gasteiger partial charge on any atom is -0.362 e. The zero-order chi connectivity index (χ0) is 17.9. The SMILES string of the molecule is CC1(C)C[C@H]2C[C@@](C)(CN2c2ccc(C(F)(F)F)cc2[N+](=O)[O-])C1. The topological polar surface area (TPSA) is 46.4 Å². The molecule has 3 rings (SSSR count). The van der Waals surface area contributed by atoms with E-state index in [0.29, 0.717) is 18.3 Å². The van der Waals surface area contributed by atoms with Crippen LogP contribution in [0.3, 0.4) is 0 Å². The van der Waals surface area contributed by atoms with E-state index in [0.717, 1.165) is 25.3 Å². The van der Waals surface area contributed by atoms with Crippen LogP contribution in [0.4, 0.5) is 24.5 Å². The van der Waals surface area contributed by atoms with Crippen LogP contribution in [0, 0.1) is 20.9 Å². The van der Waals surface area contributed by atoms with Crippen LogP contribution in [0.5, 0.6) is 0 Å². The lowest BCUT2D eigenvalue weighted by Gasteiger charge is -2.39.